The van der Waals surface area contributed by atoms with E-state index in [-0.39, 0.29) is 11.1 Å². The van der Waals surface area contributed by atoms with Crippen LogP contribution in [0.3, 0.4) is 0 Å². The average molecular weight is 452 g/mol. The van der Waals surface area contributed by atoms with Crippen molar-refractivity contribution in [3.05, 3.63) is 90.0 Å². The molecule has 0 aliphatic rings. The minimum absolute atomic E-state index is 0.189. The first-order valence-electron chi connectivity index (χ1n) is 11.0. The van der Waals surface area contributed by atoms with E-state index in [1.807, 2.05) is 12.1 Å². The van der Waals surface area contributed by atoms with Gasteiger partial charge in [-0.15, -0.1) is 0 Å². The van der Waals surface area contributed by atoms with Crippen LogP contribution in [0.15, 0.2) is 72.8 Å². The number of halogens is 4. The van der Waals surface area contributed by atoms with Gasteiger partial charge in [0.25, 0.3) is 0 Å². The molecule has 0 aliphatic heterocycles. The molecule has 0 atom stereocenters. The van der Waals surface area contributed by atoms with E-state index in [4.69, 9.17) is 0 Å². The summed E-state index contributed by atoms with van der Waals surface area (Å²) in [6.45, 7) is -0.941. The van der Waals surface area contributed by atoms with Crippen LogP contribution in [-0.2, 0) is 6.42 Å². The molecular formula is C28H24F4O. The highest BCUT2D eigenvalue weighted by atomic mass is 19.3. The van der Waals surface area contributed by atoms with Crippen molar-refractivity contribution in [1.29, 1.82) is 0 Å². The fourth-order valence-electron chi connectivity index (χ4n) is 4.00. The number of unbranched alkanes of at least 4 members (excludes halogenated alkanes) is 2. The summed E-state index contributed by atoms with van der Waals surface area (Å²) in [5.41, 5.74) is 3.78. The van der Waals surface area contributed by atoms with Crippen LogP contribution in [0.2, 0.25) is 0 Å². The molecule has 33 heavy (non-hydrogen) atoms. The van der Waals surface area contributed by atoms with E-state index in [2.05, 4.69) is 35.9 Å². The highest BCUT2D eigenvalue weighted by Crippen LogP contribution is 2.33. The molecule has 0 heterocycles. The summed E-state index contributed by atoms with van der Waals surface area (Å²) >= 11 is 0. The van der Waals surface area contributed by atoms with E-state index < -0.39 is 24.0 Å². The zero-order valence-electron chi connectivity index (χ0n) is 18.3. The highest BCUT2D eigenvalue weighted by molar-refractivity contribution is 5.91. The molecule has 0 aliphatic carbocycles. The summed E-state index contributed by atoms with van der Waals surface area (Å²) in [6, 6.07) is 20.7. The predicted octanol–water partition coefficient (Wildman–Crippen LogP) is 8.79. The Morgan fingerprint density at radius 1 is 0.758 bits per heavy atom. The largest absolute Gasteiger partial charge is 0.432 e. The maximum Gasteiger partial charge on any atom is 0.387 e. The number of benzene rings is 4. The summed E-state index contributed by atoms with van der Waals surface area (Å²) in [5.74, 6) is -2.04. The third kappa shape index (κ3) is 5.19. The van der Waals surface area contributed by atoms with E-state index in [1.165, 1.54) is 30.9 Å². The van der Waals surface area contributed by atoms with Gasteiger partial charge >= 0.3 is 6.61 Å². The van der Waals surface area contributed by atoms with Crippen LogP contribution in [0.5, 0.6) is 5.75 Å². The second kappa shape index (κ2) is 10.1. The number of ether oxygens (including phenoxy) is 1. The third-order valence-corrected chi connectivity index (χ3v) is 5.77. The van der Waals surface area contributed by atoms with Crippen molar-refractivity contribution in [2.75, 3.05) is 0 Å². The zero-order valence-corrected chi connectivity index (χ0v) is 18.3. The number of alkyl halides is 2. The average Bonchev–Trinajstić information content (AvgIpc) is 2.81. The van der Waals surface area contributed by atoms with Crippen molar-refractivity contribution in [1.82, 2.24) is 0 Å². The van der Waals surface area contributed by atoms with Crippen LogP contribution in [0, 0.1) is 11.6 Å². The van der Waals surface area contributed by atoms with Crippen LogP contribution in [0.25, 0.3) is 33.0 Å². The Labute approximate surface area is 190 Å². The molecule has 170 valence electrons. The van der Waals surface area contributed by atoms with Crippen molar-refractivity contribution in [3.8, 4) is 28.0 Å². The van der Waals surface area contributed by atoms with Crippen molar-refractivity contribution in [2.45, 2.75) is 39.2 Å². The molecule has 0 N–H and O–H groups in total. The minimum Gasteiger partial charge on any atom is -0.432 e. The van der Waals surface area contributed by atoms with Gasteiger partial charge in [0.05, 0.1) is 0 Å². The van der Waals surface area contributed by atoms with Gasteiger partial charge in [-0.2, -0.15) is 8.78 Å². The van der Waals surface area contributed by atoms with Crippen LogP contribution in [0.4, 0.5) is 17.6 Å². The van der Waals surface area contributed by atoms with Gasteiger partial charge < -0.3 is 4.74 Å². The van der Waals surface area contributed by atoms with Gasteiger partial charge in [-0.3, -0.25) is 0 Å². The Morgan fingerprint density at radius 3 is 2.18 bits per heavy atom. The zero-order chi connectivity index (χ0) is 23.4. The fourth-order valence-corrected chi connectivity index (χ4v) is 4.00. The molecule has 4 aromatic carbocycles. The lowest BCUT2D eigenvalue weighted by Gasteiger charge is -2.11. The molecule has 5 heteroatoms. The first-order valence-corrected chi connectivity index (χ1v) is 11.0. The van der Waals surface area contributed by atoms with Gasteiger partial charge in [-0.05, 0) is 58.7 Å². The lowest BCUT2D eigenvalue weighted by molar-refractivity contribution is -0.0521. The van der Waals surface area contributed by atoms with Gasteiger partial charge in [0.15, 0.2) is 11.6 Å². The van der Waals surface area contributed by atoms with E-state index in [0.29, 0.717) is 5.39 Å². The summed E-state index contributed by atoms with van der Waals surface area (Å²) in [5, 5.41) is 1.12. The van der Waals surface area contributed by atoms with Crippen molar-refractivity contribution >= 4 is 10.8 Å². The summed E-state index contributed by atoms with van der Waals surface area (Å²) in [6.07, 6.45) is 4.66. The SMILES string of the molecule is CCCCCc1ccc(-c2ccc3c(F)c(-c4ccc(OC(F)F)c(F)c4)ccc3c2)cc1. The van der Waals surface area contributed by atoms with Crippen LogP contribution in [-0.4, -0.2) is 6.61 Å². The number of hydrogen-bond acceptors (Lipinski definition) is 1. The maximum absolute atomic E-state index is 15.3. The smallest absolute Gasteiger partial charge is 0.387 e. The van der Waals surface area contributed by atoms with Gasteiger partial charge in [0.1, 0.15) is 5.82 Å². The summed E-state index contributed by atoms with van der Waals surface area (Å²) < 4.78 is 58.2. The third-order valence-electron chi connectivity index (χ3n) is 5.77. The van der Waals surface area contributed by atoms with E-state index in [9.17, 15) is 13.2 Å². The van der Waals surface area contributed by atoms with E-state index >= 15 is 4.39 Å². The monoisotopic (exact) mass is 452 g/mol. The minimum atomic E-state index is -3.13. The summed E-state index contributed by atoms with van der Waals surface area (Å²) in [4.78, 5) is 0. The van der Waals surface area contributed by atoms with Crippen molar-refractivity contribution < 1.29 is 22.3 Å². The lowest BCUT2D eigenvalue weighted by atomic mass is 9.96. The predicted molar refractivity (Wildman–Crippen MR) is 125 cm³/mol. The Bertz CT molecular complexity index is 1250. The Hall–Kier alpha value is -3.34. The first-order chi connectivity index (χ1) is 16.0. The van der Waals surface area contributed by atoms with Gasteiger partial charge in [-0.1, -0.05) is 74.4 Å². The Balaban J connectivity index is 1.61. The van der Waals surface area contributed by atoms with Gasteiger partial charge in [-0.25, -0.2) is 8.78 Å². The molecule has 0 radical (unpaired) electrons. The number of rotatable bonds is 8. The Morgan fingerprint density at radius 2 is 1.48 bits per heavy atom. The van der Waals surface area contributed by atoms with Crippen LogP contribution >= 0.6 is 0 Å². The normalized spacial score (nSPS) is 11.3. The molecule has 0 aromatic heterocycles. The fraction of sp³-hybridized carbons (Fsp3) is 0.214. The second-order valence-corrected chi connectivity index (χ2v) is 8.04. The number of aryl methyl sites for hydroxylation is 1. The number of hydrogen-bond donors (Lipinski definition) is 0. The van der Waals surface area contributed by atoms with E-state index in [0.717, 1.165) is 35.1 Å². The molecule has 0 saturated carbocycles. The highest BCUT2D eigenvalue weighted by Gasteiger charge is 2.15. The van der Waals surface area contributed by atoms with E-state index in [1.54, 1.807) is 18.2 Å². The van der Waals surface area contributed by atoms with Crippen molar-refractivity contribution in [2.24, 2.45) is 0 Å². The molecule has 0 amide bonds. The van der Waals surface area contributed by atoms with Crippen LogP contribution in [0.1, 0.15) is 31.7 Å². The molecule has 0 bridgehead atoms. The van der Waals surface area contributed by atoms with Gasteiger partial charge in [0, 0.05) is 10.9 Å². The lowest BCUT2D eigenvalue weighted by Crippen LogP contribution is -2.03. The molecule has 4 aromatic rings. The molecule has 4 rings (SSSR count). The molecule has 0 saturated heterocycles. The second-order valence-electron chi connectivity index (χ2n) is 8.04. The first kappa shape index (κ1) is 22.8. The molecule has 0 fully saturated rings. The molecule has 0 unspecified atom stereocenters. The number of fused-ring (bicyclic) bond motifs is 1. The maximum atomic E-state index is 15.3. The topological polar surface area (TPSA) is 9.23 Å². The summed E-state index contributed by atoms with van der Waals surface area (Å²) in [7, 11) is 0. The molecular weight excluding hydrogens is 428 g/mol. The van der Waals surface area contributed by atoms with Gasteiger partial charge in [0.2, 0.25) is 0 Å². The standard InChI is InChI=1S/C28H24F4O/c1-2-3-4-5-18-6-8-19(9-7-18)20-10-13-23-21(16-20)11-14-24(27(23)30)22-12-15-26(25(29)17-22)33-28(31)32/h6-17,28H,2-5H2,1H3. The van der Waals surface area contributed by atoms with Crippen molar-refractivity contribution in [3.63, 3.8) is 0 Å². The van der Waals surface area contributed by atoms with Crippen LogP contribution < -0.4 is 4.74 Å². The molecule has 0 spiro atoms. The quantitative estimate of drug-likeness (QED) is 0.192. The Kier molecular flexibility index (Phi) is 6.97. The molecule has 1 nitrogen and oxygen atoms in total.